The minimum Gasteiger partial charge on any atom is -0.384 e. The molecule has 1 N–H and O–H groups in total. The topological polar surface area (TPSA) is 12.0 Å². The number of thioether (sulfide) groups is 1. The predicted molar refractivity (Wildman–Crippen MR) is 60.6 cm³/mol. The summed E-state index contributed by atoms with van der Waals surface area (Å²) in [5, 5.41) is 4.28. The van der Waals surface area contributed by atoms with Crippen molar-refractivity contribution in [3.63, 3.8) is 0 Å². The zero-order valence-electron chi connectivity index (χ0n) is 7.92. The molecule has 70 valence electrons. The summed E-state index contributed by atoms with van der Waals surface area (Å²) in [6.45, 7) is 1.11. The second-order valence-corrected chi connectivity index (χ2v) is 4.57. The molecule has 0 amide bonds. The molecule has 0 radical (unpaired) electrons. The van der Waals surface area contributed by atoms with Gasteiger partial charge in [-0.1, -0.05) is 18.2 Å². The Bertz CT molecular complexity index is 258. The van der Waals surface area contributed by atoms with Gasteiger partial charge in [0.15, 0.2) is 0 Å². The summed E-state index contributed by atoms with van der Waals surface area (Å²) in [5.41, 5.74) is 2.80. The first-order valence-corrected chi connectivity index (χ1v) is 6.03. The monoisotopic (exact) mass is 193 g/mol. The lowest BCUT2D eigenvalue weighted by molar-refractivity contribution is 0.805. The van der Waals surface area contributed by atoms with Crippen LogP contribution in [0.2, 0.25) is 0 Å². The van der Waals surface area contributed by atoms with Gasteiger partial charge in [-0.2, -0.15) is 11.8 Å². The fraction of sp³-hybridized carbons (Fsp3) is 0.455. The quantitative estimate of drug-likeness (QED) is 0.736. The molecule has 1 aliphatic rings. The summed E-state index contributed by atoms with van der Waals surface area (Å²) in [7, 11) is 0. The fourth-order valence-electron chi connectivity index (χ4n) is 1.75. The molecule has 0 spiro atoms. The molecule has 0 saturated heterocycles. The summed E-state index contributed by atoms with van der Waals surface area (Å²) in [4.78, 5) is 0. The molecule has 0 fully saturated rings. The molecule has 1 nitrogen and oxygen atoms in total. The van der Waals surface area contributed by atoms with Gasteiger partial charge in [-0.3, -0.25) is 0 Å². The van der Waals surface area contributed by atoms with Crippen LogP contribution < -0.4 is 5.32 Å². The van der Waals surface area contributed by atoms with E-state index in [1.165, 1.54) is 24.1 Å². The van der Waals surface area contributed by atoms with Gasteiger partial charge in [-0.25, -0.2) is 0 Å². The average Bonchev–Trinajstić information content (AvgIpc) is 2.39. The van der Waals surface area contributed by atoms with Crippen LogP contribution in [0.1, 0.15) is 12.0 Å². The molecule has 0 saturated carbocycles. The highest BCUT2D eigenvalue weighted by Gasteiger charge is 2.13. The van der Waals surface area contributed by atoms with E-state index in [9.17, 15) is 0 Å². The lowest BCUT2D eigenvalue weighted by Crippen LogP contribution is -2.13. The number of nitrogens with one attached hydrogen (secondary N) is 1. The van der Waals surface area contributed by atoms with Gasteiger partial charge in [0.25, 0.3) is 0 Å². The maximum Gasteiger partial charge on any atom is 0.0373 e. The van der Waals surface area contributed by atoms with Gasteiger partial charge >= 0.3 is 0 Å². The number of anilines is 1. The number of fused-ring (bicyclic) bond motifs is 1. The van der Waals surface area contributed by atoms with Crippen molar-refractivity contribution in [1.82, 2.24) is 0 Å². The summed E-state index contributed by atoms with van der Waals surface area (Å²) in [6, 6.07) is 8.63. The molecule has 1 atom stereocenters. The first kappa shape index (κ1) is 8.95. The Balaban J connectivity index is 2.17. The van der Waals surface area contributed by atoms with Crippen molar-refractivity contribution >= 4 is 17.4 Å². The summed E-state index contributed by atoms with van der Waals surface area (Å²) in [5.74, 6) is 0. The Morgan fingerprint density at radius 3 is 3.08 bits per heavy atom. The van der Waals surface area contributed by atoms with Gasteiger partial charge in [-0.05, 0) is 30.7 Å². The van der Waals surface area contributed by atoms with Crippen LogP contribution in [0.5, 0.6) is 0 Å². The van der Waals surface area contributed by atoms with Crippen LogP contribution in [-0.2, 0) is 6.42 Å². The number of aryl methyl sites for hydroxylation is 1. The van der Waals surface area contributed by atoms with Crippen LogP contribution in [0.3, 0.4) is 0 Å². The van der Waals surface area contributed by atoms with E-state index in [-0.39, 0.29) is 0 Å². The van der Waals surface area contributed by atoms with E-state index in [0.29, 0.717) is 0 Å². The number of benzene rings is 1. The largest absolute Gasteiger partial charge is 0.384 e. The Kier molecular flexibility index (Phi) is 2.79. The third kappa shape index (κ3) is 1.99. The smallest absolute Gasteiger partial charge is 0.0373 e. The molecule has 0 bridgehead atoms. The Morgan fingerprint density at radius 2 is 2.23 bits per heavy atom. The Labute approximate surface area is 83.9 Å². The van der Waals surface area contributed by atoms with Crippen LogP contribution in [0, 0.1) is 0 Å². The van der Waals surface area contributed by atoms with Crippen LogP contribution in [-0.4, -0.2) is 18.1 Å². The van der Waals surface area contributed by atoms with E-state index in [4.69, 9.17) is 0 Å². The van der Waals surface area contributed by atoms with Crippen LogP contribution in [0.15, 0.2) is 24.3 Å². The minimum absolute atomic E-state index is 0.771. The zero-order chi connectivity index (χ0) is 9.10. The summed E-state index contributed by atoms with van der Waals surface area (Å²) < 4.78 is 0. The lowest BCUT2D eigenvalue weighted by atomic mass is 10.1. The number of hydrogen-bond donors (Lipinski definition) is 1. The highest BCUT2D eigenvalue weighted by atomic mass is 32.2. The van der Waals surface area contributed by atoms with Crippen LogP contribution in [0.4, 0.5) is 5.69 Å². The molecule has 0 aromatic heterocycles. The first-order chi connectivity index (χ1) is 6.40. The van der Waals surface area contributed by atoms with E-state index >= 15 is 0 Å². The minimum atomic E-state index is 0.771. The summed E-state index contributed by atoms with van der Waals surface area (Å²) in [6.07, 6.45) is 4.71. The standard InChI is InChI=1S/C11H15NS/c1-13-10-7-6-9-4-2-3-5-11(9)12-8-10/h2-5,10,12H,6-8H2,1H3. The normalized spacial score (nSPS) is 21.5. The van der Waals surface area contributed by atoms with E-state index in [0.717, 1.165) is 11.8 Å². The third-order valence-electron chi connectivity index (χ3n) is 2.61. The van der Waals surface area contributed by atoms with Crippen molar-refractivity contribution in [3.05, 3.63) is 29.8 Å². The van der Waals surface area contributed by atoms with Crippen molar-refractivity contribution < 1.29 is 0 Å². The van der Waals surface area contributed by atoms with Crippen molar-refractivity contribution in [2.45, 2.75) is 18.1 Å². The maximum absolute atomic E-state index is 3.51. The van der Waals surface area contributed by atoms with Crippen molar-refractivity contribution in [2.75, 3.05) is 18.1 Å². The molecule has 13 heavy (non-hydrogen) atoms. The van der Waals surface area contributed by atoms with E-state index in [2.05, 4.69) is 35.8 Å². The van der Waals surface area contributed by atoms with Crippen LogP contribution in [0.25, 0.3) is 0 Å². The number of para-hydroxylation sites is 1. The highest BCUT2D eigenvalue weighted by molar-refractivity contribution is 7.99. The van der Waals surface area contributed by atoms with E-state index in [1.807, 2.05) is 11.8 Å². The van der Waals surface area contributed by atoms with Gasteiger partial charge in [0.1, 0.15) is 0 Å². The average molecular weight is 193 g/mol. The Morgan fingerprint density at radius 1 is 1.38 bits per heavy atom. The molecular weight excluding hydrogens is 178 g/mol. The second kappa shape index (κ2) is 4.05. The number of rotatable bonds is 1. The van der Waals surface area contributed by atoms with Crippen molar-refractivity contribution in [2.24, 2.45) is 0 Å². The molecule has 2 rings (SSSR count). The van der Waals surface area contributed by atoms with Crippen molar-refractivity contribution in [3.8, 4) is 0 Å². The fourth-order valence-corrected chi connectivity index (χ4v) is 2.36. The molecule has 1 unspecified atom stereocenters. The lowest BCUT2D eigenvalue weighted by Gasteiger charge is -2.10. The molecule has 0 aliphatic carbocycles. The van der Waals surface area contributed by atoms with Crippen molar-refractivity contribution in [1.29, 1.82) is 0 Å². The van der Waals surface area contributed by atoms with Gasteiger partial charge in [-0.15, -0.1) is 0 Å². The SMILES string of the molecule is CSC1CCc2ccccc2NC1. The van der Waals surface area contributed by atoms with Gasteiger partial charge in [0, 0.05) is 17.5 Å². The van der Waals surface area contributed by atoms with E-state index < -0.39 is 0 Å². The third-order valence-corrected chi connectivity index (χ3v) is 3.68. The highest BCUT2D eigenvalue weighted by Crippen LogP contribution is 2.24. The molecular formula is C11H15NS. The molecule has 2 heteroatoms. The molecule has 1 aromatic carbocycles. The second-order valence-electron chi connectivity index (χ2n) is 3.43. The van der Waals surface area contributed by atoms with Crippen LogP contribution >= 0.6 is 11.8 Å². The Hall–Kier alpha value is -0.630. The molecule has 1 aromatic rings. The molecule has 1 aliphatic heterocycles. The van der Waals surface area contributed by atoms with Gasteiger partial charge in [0.05, 0.1) is 0 Å². The zero-order valence-corrected chi connectivity index (χ0v) is 8.73. The number of hydrogen-bond acceptors (Lipinski definition) is 2. The summed E-state index contributed by atoms with van der Waals surface area (Å²) >= 11 is 1.97. The van der Waals surface area contributed by atoms with Gasteiger partial charge < -0.3 is 5.32 Å². The molecule has 1 heterocycles. The maximum atomic E-state index is 3.51. The first-order valence-electron chi connectivity index (χ1n) is 4.74. The predicted octanol–water partition coefficient (Wildman–Crippen LogP) is 2.78. The van der Waals surface area contributed by atoms with Gasteiger partial charge in [0.2, 0.25) is 0 Å². The van der Waals surface area contributed by atoms with E-state index in [1.54, 1.807) is 0 Å².